The zero-order chi connectivity index (χ0) is 49.4. The van der Waals surface area contributed by atoms with Gasteiger partial charge in [0.15, 0.2) is 5.96 Å². The van der Waals surface area contributed by atoms with Crippen molar-refractivity contribution in [3.05, 3.63) is 48.0 Å². The molecule has 0 aliphatic carbocycles. The Morgan fingerprint density at radius 3 is 1.61 bits per heavy atom. The van der Waals surface area contributed by atoms with E-state index in [-0.39, 0.29) is 61.7 Å². The number of nitrogens with zero attached hydrogens (tertiary/aromatic N) is 2. The van der Waals surface area contributed by atoms with Crippen molar-refractivity contribution in [1.29, 1.82) is 0 Å². The Bertz CT molecular complexity index is 1720. The zero-order valence-corrected chi connectivity index (χ0v) is 41.6. The monoisotopic (exact) mass is 938 g/mol. The topological polar surface area (TPSA) is 271 Å². The van der Waals surface area contributed by atoms with E-state index in [1.165, 1.54) is 89.1 Å². The largest absolute Gasteiger partial charge is 0.508 e. The van der Waals surface area contributed by atoms with Crippen molar-refractivity contribution in [3.63, 3.8) is 0 Å². The molecule has 0 fully saturated rings. The Hall–Kier alpha value is -5.19. The summed E-state index contributed by atoms with van der Waals surface area (Å²) < 4.78 is 0. The van der Waals surface area contributed by atoms with Gasteiger partial charge in [-0.3, -0.25) is 29.0 Å². The number of amides is 5. The van der Waals surface area contributed by atoms with Crippen LogP contribution in [0.3, 0.4) is 0 Å². The highest BCUT2D eigenvalue weighted by molar-refractivity contribution is 5.96. The van der Waals surface area contributed by atoms with Crippen LogP contribution in [0.25, 0.3) is 0 Å². The minimum atomic E-state index is -1.13. The molecular formula is C50H87N11O6. The first-order valence-corrected chi connectivity index (χ1v) is 25.1. The second-order valence-electron chi connectivity index (χ2n) is 18.8. The van der Waals surface area contributed by atoms with Gasteiger partial charge in [-0.1, -0.05) is 130 Å². The highest BCUT2D eigenvalue weighted by Crippen LogP contribution is 2.15. The van der Waals surface area contributed by atoms with Crippen molar-refractivity contribution in [2.45, 2.75) is 193 Å². The van der Waals surface area contributed by atoms with Crippen LogP contribution in [0, 0.1) is 11.8 Å². The molecule has 2 rings (SSSR count). The molecule has 17 nitrogen and oxygen atoms in total. The Labute approximate surface area is 400 Å². The van der Waals surface area contributed by atoms with Gasteiger partial charge >= 0.3 is 0 Å². The van der Waals surface area contributed by atoms with E-state index in [4.69, 9.17) is 11.5 Å². The third kappa shape index (κ3) is 26.1. The first-order chi connectivity index (χ1) is 32.1. The number of phenols is 1. The lowest BCUT2D eigenvalue weighted by molar-refractivity contribution is -0.135. The first-order valence-electron chi connectivity index (χ1n) is 25.1. The number of benzene rings is 1. The highest BCUT2D eigenvalue weighted by atomic mass is 16.3. The molecule has 67 heavy (non-hydrogen) atoms. The van der Waals surface area contributed by atoms with Crippen LogP contribution in [0.2, 0.25) is 0 Å². The molecule has 17 heteroatoms. The number of hydrogen-bond donors (Lipinski definition) is 10. The fraction of sp³-hybridized carbons (Fsp3) is 0.700. The van der Waals surface area contributed by atoms with Gasteiger partial charge in [0.2, 0.25) is 29.5 Å². The van der Waals surface area contributed by atoms with Gasteiger partial charge in [-0.15, -0.1) is 0 Å². The van der Waals surface area contributed by atoms with Crippen molar-refractivity contribution in [2.24, 2.45) is 28.3 Å². The summed E-state index contributed by atoms with van der Waals surface area (Å²) in [7, 11) is 1.64. The summed E-state index contributed by atoms with van der Waals surface area (Å²) in [6.45, 7) is 10.7. The smallest absolute Gasteiger partial charge is 0.243 e. The Morgan fingerprint density at radius 1 is 0.627 bits per heavy atom. The van der Waals surface area contributed by atoms with Crippen molar-refractivity contribution in [2.75, 3.05) is 20.1 Å². The molecule has 2 aromatic rings. The maximum atomic E-state index is 14.2. The predicted octanol–water partition coefficient (Wildman–Crippen LogP) is 5.17. The molecule has 0 bridgehead atoms. The molecule has 1 aromatic heterocycles. The molecule has 0 radical (unpaired) electrons. The number of H-pyrrole nitrogens is 1. The summed E-state index contributed by atoms with van der Waals surface area (Å²) in [5.41, 5.74) is 12.4. The van der Waals surface area contributed by atoms with Crippen LogP contribution >= 0.6 is 0 Å². The lowest BCUT2D eigenvalue weighted by Crippen LogP contribution is -2.59. The quantitative estimate of drug-likeness (QED) is 0.0241. The van der Waals surface area contributed by atoms with Gasteiger partial charge in [-0.25, -0.2) is 4.98 Å². The fourth-order valence-corrected chi connectivity index (χ4v) is 7.94. The summed E-state index contributed by atoms with van der Waals surface area (Å²) >= 11 is 0. The number of carbonyl (C=O) groups excluding carboxylic acids is 5. The van der Waals surface area contributed by atoms with E-state index < -0.39 is 53.8 Å². The summed E-state index contributed by atoms with van der Waals surface area (Å²) in [4.78, 5) is 80.7. The second-order valence-corrected chi connectivity index (χ2v) is 18.8. The summed E-state index contributed by atoms with van der Waals surface area (Å²) in [6.07, 6.45) is 21.9. The van der Waals surface area contributed by atoms with Crippen molar-refractivity contribution in [3.8, 4) is 5.75 Å². The standard InChI is InChI=1S/C50H87N11O6/c1-7-8-9-10-11-12-13-14-15-16-17-18-19-20-27-55-45(63)42(29-35(2)3)59-49(67)44(32-38-33-54-34-57-38)61-48(66)43(30-36(4)5)60-46(64)40(22-21-28-56-50(51)52)58-47(65)41(53-6)31-37-23-25-39(62)26-24-37/h23-26,33-36,40-44,53,62H,7-22,27-32H2,1-6H3,(H,54,57)(H,55,63)(H,58,65)(H,59,67)(H,60,64)(H,61,66)(H4,51,52,56)/t40-,41-,42-,43-,44-/m0/s1. The maximum absolute atomic E-state index is 14.2. The van der Waals surface area contributed by atoms with Crippen molar-refractivity contribution in [1.82, 2.24) is 41.9 Å². The molecule has 378 valence electrons. The Morgan fingerprint density at radius 2 is 1.10 bits per heavy atom. The number of aromatic nitrogens is 2. The zero-order valence-electron chi connectivity index (χ0n) is 41.6. The van der Waals surface area contributed by atoms with Gasteiger partial charge in [0.05, 0.1) is 12.4 Å². The average Bonchev–Trinajstić information content (AvgIpc) is 3.80. The van der Waals surface area contributed by atoms with Crippen molar-refractivity contribution >= 4 is 35.5 Å². The number of hydrogen-bond acceptors (Lipinski definition) is 9. The number of likely N-dealkylation sites (N-methyl/N-ethyl adjacent to an activating group) is 1. The van der Waals surface area contributed by atoms with E-state index in [2.05, 4.69) is 53.8 Å². The van der Waals surface area contributed by atoms with Gasteiger partial charge < -0.3 is 53.5 Å². The Balaban J connectivity index is 2.11. The summed E-state index contributed by atoms with van der Waals surface area (Å²) in [5.74, 6) is -2.43. The number of rotatable bonds is 37. The summed E-state index contributed by atoms with van der Waals surface area (Å²) in [5, 5.41) is 27.2. The molecule has 5 amide bonds. The van der Waals surface area contributed by atoms with E-state index in [9.17, 15) is 29.1 Å². The number of nitrogens with two attached hydrogens (primary N) is 2. The number of nitrogens with one attached hydrogen (secondary N) is 7. The van der Waals surface area contributed by atoms with Gasteiger partial charge in [-0.05, 0) is 75.1 Å². The average molecular weight is 938 g/mol. The fourth-order valence-electron chi connectivity index (χ4n) is 7.94. The predicted molar refractivity (Wildman–Crippen MR) is 267 cm³/mol. The van der Waals surface area contributed by atoms with Crippen LogP contribution < -0.4 is 43.4 Å². The minimum absolute atomic E-state index is 0.0465. The van der Waals surface area contributed by atoms with E-state index in [0.717, 1.165) is 24.8 Å². The number of unbranched alkanes of at least 4 members (excludes halogenated alkanes) is 13. The number of carbonyl (C=O) groups is 5. The van der Waals surface area contributed by atoms with Crippen LogP contribution in [-0.2, 0) is 36.8 Å². The number of aromatic hydroxyl groups is 1. The third-order valence-electron chi connectivity index (χ3n) is 11.7. The molecule has 0 saturated heterocycles. The molecule has 0 saturated carbocycles. The number of imidazole rings is 1. The maximum Gasteiger partial charge on any atom is 0.243 e. The number of guanidine groups is 1. The van der Waals surface area contributed by atoms with Crippen LogP contribution in [0.5, 0.6) is 5.75 Å². The van der Waals surface area contributed by atoms with Crippen LogP contribution in [-0.4, -0.2) is 101 Å². The van der Waals surface area contributed by atoms with Gasteiger partial charge in [0.1, 0.15) is 29.9 Å². The molecule has 12 N–H and O–H groups in total. The van der Waals surface area contributed by atoms with Gasteiger partial charge in [0.25, 0.3) is 0 Å². The normalized spacial score (nSPS) is 13.6. The molecule has 0 unspecified atom stereocenters. The van der Waals surface area contributed by atoms with Crippen LogP contribution in [0.1, 0.15) is 161 Å². The second kappa shape index (κ2) is 34.2. The number of aromatic amines is 1. The Kier molecular flexibility index (Phi) is 29.5. The molecule has 0 spiro atoms. The molecule has 0 aliphatic heterocycles. The molecule has 1 aromatic carbocycles. The summed E-state index contributed by atoms with van der Waals surface area (Å²) in [6, 6.07) is 1.66. The van der Waals surface area contributed by atoms with Crippen molar-refractivity contribution < 1.29 is 29.1 Å². The van der Waals surface area contributed by atoms with E-state index in [0.29, 0.717) is 25.1 Å². The lowest BCUT2D eigenvalue weighted by atomic mass is 10.00. The van der Waals surface area contributed by atoms with Crippen LogP contribution in [0.15, 0.2) is 41.8 Å². The molecule has 1 heterocycles. The van der Waals surface area contributed by atoms with Gasteiger partial charge in [0, 0.05) is 31.4 Å². The lowest BCUT2D eigenvalue weighted by Gasteiger charge is -2.28. The number of aliphatic imine (C=N–C) groups is 1. The van der Waals surface area contributed by atoms with Crippen LogP contribution in [0.4, 0.5) is 0 Å². The molecule has 5 atom stereocenters. The van der Waals surface area contributed by atoms with E-state index in [1.807, 2.05) is 27.7 Å². The third-order valence-corrected chi connectivity index (χ3v) is 11.7. The van der Waals surface area contributed by atoms with E-state index in [1.54, 1.807) is 25.4 Å². The molecule has 0 aliphatic rings. The highest BCUT2D eigenvalue weighted by Gasteiger charge is 2.33. The SMILES string of the molecule is CCCCCCCCCCCCCCCCNC(=O)[C@H](CC(C)C)NC(=O)[C@H](Cc1cnc[nH]1)NC(=O)[C@H](CC(C)C)NC(=O)[C@H](CCCN=C(N)N)NC(=O)[C@H](Cc1ccc(O)cc1)NC. The first kappa shape index (κ1) is 57.9. The number of phenolic OH excluding ortho intramolecular Hbond substituents is 1. The van der Waals surface area contributed by atoms with Gasteiger partial charge in [-0.2, -0.15) is 0 Å². The van der Waals surface area contributed by atoms with E-state index >= 15 is 0 Å². The molecular weight excluding hydrogens is 851 g/mol. The minimum Gasteiger partial charge on any atom is -0.508 e.